The standard InChI is InChI=1S/C4H6N2OS.C2H6/c1-2-3-4(7)6-8-5-3;1-2/h2H2,1H3,(H,6,7);1-2H3. The van der Waals surface area contributed by atoms with Crippen LogP contribution in [0.15, 0.2) is 4.79 Å². The van der Waals surface area contributed by atoms with Crippen molar-refractivity contribution in [2.24, 2.45) is 0 Å². The van der Waals surface area contributed by atoms with Crippen molar-refractivity contribution in [3.05, 3.63) is 16.0 Å². The van der Waals surface area contributed by atoms with Crippen LogP contribution in [0.3, 0.4) is 0 Å². The van der Waals surface area contributed by atoms with Gasteiger partial charge in [-0.1, -0.05) is 20.8 Å². The summed E-state index contributed by atoms with van der Waals surface area (Å²) >= 11 is 1.10. The van der Waals surface area contributed by atoms with E-state index < -0.39 is 0 Å². The average molecular weight is 160 g/mol. The van der Waals surface area contributed by atoms with Gasteiger partial charge in [0.15, 0.2) is 0 Å². The van der Waals surface area contributed by atoms with E-state index in [0.29, 0.717) is 5.69 Å². The van der Waals surface area contributed by atoms with Crippen molar-refractivity contribution in [3.8, 4) is 0 Å². The number of nitrogens with one attached hydrogen (secondary N) is 1. The minimum absolute atomic E-state index is 0.0440. The third-order valence-corrected chi connectivity index (χ3v) is 1.48. The molecule has 10 heavy (non-hydrogen) atoms. The fourth-order valence-corrected chi connectivity index (χ4v) is 1.01. The van der Waals surface area contributed by atoms with Crippen molar-refractivity contribution in [2.45, 2.75) is 27.2 Å². The Bertz CT molecular complexity index is 216. The first kappa shape index (κ1) is 9.36. The molecule has 0 aliphatic heterocycles. The zero-order valence-corrected chi connectivity index (χ0v) is 7.29. The van der Waals surface area contributed by atoms with E-state index in [1.54, 1.807) is 0 Å². The van der Waals surface area contributed by atoms with Gasteiger partial charge < -0.3 is 0 Å². The zero-order chi connectivity index (χ0) is 7.98. The van der Waals surface area contributed by atoms with Gasteiger partial charge in [-0.05, 0) is 6.42 Å². The van der Waals surface area contributed by atoms with Crippen molar-refractivity contribution in [2.75, 3.05) is 0 Å². The molecule has 0 aliphatic carbocycles. The van der Waals surface area contributed by atoms with E-state index in [9.17, 15) is 4.79 Å². The Hall–Kier alpha value is -0.640. The quantitative estimate of drug-likeness (QED) is 0.675. The average Bonchev–Trinajstić information content (AvgIpc) is 2.39. The van der Waals surface area contributed by atoms with Gasteiger partial charge in [0, 0.05) is 11.7 Å². The zero-order valence-electron chi connectivity index (χ0n) is 6.47. The molecule has 3 nitrogen and oxygen atoms in total. The second kappa shape index (κ2) is 5.17. The van der Waals surface area contributed by atoms with Crippen LogP contribution in [0.1, 0.15) is 26.5 Å². The lowest BCUT2D eigenvalue weighted by Crippen LogP contribution is -2.03. The van der Waals surface area contributed by atoms with E-state index >= 15 is 0 Å². The third kappa shape index (κ3) is 2.31. The van der Waals surface area contributed by atoms with Gasteiger partial charge in [0.2, 0.25) is 0 Å². The van der Waals surface area contributed by atoms with Crippen molar-refractivity contribution in [3.63, 3.8) is 0 Å². The van der Waals surface area contributed by atoms with Crippen molar-refractivity contribution in [1.29, 1.82) is 0 Å². The molecule has 0 radical (unpaired) electrons. The summed E-state index contributed by atoms with van der Waals surface area (Å²) in [5.74, 6) is 0. The highest BCUT2D eigenvalue weighted by Crippen LogP contribution is 1.85. The predicted molar refractivity (Wildman–Crippen MR) is 43.5 cm³/mol. The summed E-state index contributed by atoms with van der Waals surface area (Å²) in [7, 11) is 0. The highest BCUT2D eigenvalue weighted by molar-refractivity contribution is 6.99. The molecular weight excluding hydrogens is 148 g/mol. The Kier molecular flexibility index (Phi) is 4.84. The second-order valence-electron chi connectivity index (χ2n) is 1.41. The second-order valence-corrected chi connectivity index (χ2v) is 1.98. The van der Waals surface area contributed by atoms with Gasteiger partial charge in [0.25, 0.3) is 5.56 Å². The normalized spacial score (nSPS) is 8.30. The molecule has 0 bridgehead atoms. The molecule has 1 heterocycles. The first-order valence-corrected chi connectivity index (χ1v) is 4.15. The molecule has 0 saturated heterocycles. The van der Waals surface area contributed by atoms with Crippen molar-refractivity contribution < 1.29 is 0 Å². The first-order valence-electron chi connectivity index (χ1n) is 3.38. The van der Waals surface area contributed by atoms with E-state index in [2.05, 4.69) is 8.75 Å². The molecular formula is C6H12N2OS. The number of hydrogen-bond acceptors (Lipinski definition) is 3. The largest absolute Gasteiger partial charge is 0.281 e. The summed E-state index contributed by atoms with van der Waals surface area (Å²) < 4.78 is 6.30. The lowest BCUT2D eigenvalue weighted by molar-refractivity contribution is 1.05. The lowest BCUT2D eigenvalue weighted by atomic mass is 10.4. The maximum atomic E-state index is 10.5. The van der Waals surface area contributed by atoms with Gasteiger partial charge in [0.1, 0.15) is 5.69 Å². The van der Waals surface area contributed by atoms with Crippen molar-refractivity contribution >= 4 is 11.7 Å². The maximum absolute atomic E-state index is 10.5. The molecule has 1 N–H and O–H groups in total. The van der Waals surface area contributed by atoms with E-state index in [1.807, 2.05) is 20.8 Å². The van der Waals surface area contributed by atoms with Gasteiger partial charge in [-0.2, -0.15) is 4.37 Å². The molecule has 0 atom stereocenters. The maximum Gasteiger partial charge on any atom is 0.281 e. The van der Waals surface area contributed by atoms with Crippen LogP contribution < -0.4 is 5.56 Å². The molecule has 1 rings (SSSR count). The van der Waals surface area contributed by atoms with E-state index in [-0.39, 0.29) is 5.56 Å². The van der Waals surface area contributed by atoms with Crippen LogP contribution in [0.4, 0.5) is 0 Å². The number of aromatic amines is 1. The van der Waals surface area contributed by atoms with Crippen LogP contribution in [0, 0.1) is 0 Å². The minimum atomic E-state index is -0.0440. The molecule has 0 spiro atoms. The Morgan fingerprint density at radius 2 is 2.20 bits per heavy atom. The number of rotatable bonds is 1. The van der Waals surface area contributed by atoms with Gasteiger partial charge in [-0.3, -0.25) is 9.17 Å². The number of nitrogens with zero attached hydrogens (tertiary/aromatic N) is 1. The molecule has 0 aromatic carbocycles. The summed E-state index contributed by atoms with van der Waals surface area (Å²) in [5.41, 5.74) is 0.590. The Morgan fingerprint density at radius 1 is 1.60 bits per heavy atom. The van der Waals surface area contributed by atoms with Crippen LogP contribution in [-0.4, -0.2) is 8.75 Å². The van der Waals surface area contributed by atoms with Crippen LogP contribution in [0.2, 0.25) is 0 Å². The smallest absolute Gasteiger partial charge is 0.267 e. The third-order valence-electron chi connectivity index (χ3n) is 0.891. The van der Waals surface area contributed by atoms with E-state index in [0.717, 1.165) is 18.1 Å². The molecule has 0 amide bonds. The topological polar surface area (TPSA) is 45.8 Å². The monoisotopic (exact) mass is 160 g/mol. The summed E-state index contributed by atoms with van der Waals surface area (Å²) in [6.07, 6.45) is 0.721. The van der Waals surface area contributed by atoms with Crippen LogP contribution >= 0.6 is 11.7 Å². The molecule has 1 aromatic heterocycles. The molecule has 58 valence electrons. The highest BCUT2D eigenvalue weighted by atomic mass is 32.1. The van der Waals surface area contributed by atoms with Crippen molar-refractivity contribution in [1.82, 2.24) is 8.75 Å². The van der Waals surface area contributed by atoms with E-state index in [1.165, 1.54) is 0 Å². The lowest BCUT2D eigenvalue weighted by Gasteiger charge is -1.74. The van der Waals surface area contributed by atoms with Crippen LogP contribution in [0.5, 0.6) is 0 Å². The van der Waals surface area contributed by atoms with Gasteiger partial charge in [-0.25, -0.2) is 0 Å². The Balaban J connectivity index is 0.000000371. The molecule has 4 heteroatoms. The predicted octanol–water partition coefficient (Wildman–Crippen LogP) is 1.42. The van der Waals surface area contributed by atoms with Gasteiger partial charge in [0.05, 0.1) is 0 Å². The number of aryl methyl sites for hydroxylation is 1. The number of aromatic nitrogens is 2. The summed E-state index contributed by atoms with van der Waals surface area (Å²) in [5, 5.41) is 0. The fraction of sp³-hybridized carbons (Fsp3) is 0.667. The van der Waals surface area contributed by atoms with Gasteiger partial charge in [-0.15, -0.1) is 0 Å². The van der Waals surface area contributed by atoms with E-state index in [4.69, 9.17) is 0 Å². The molecule has 0 unspecified atom stereocenters. The van der Waals surface area contributed by atoms with Crippen LogP contribution in [-0.2, 0) is 6.42 Å². The minimum Gasteiger partial charge on any atom is -0.267 e. The number of hydrogen-bond donors (Lipinski definition) is 1. The molecule has 0 fully saturated rings. The summed E-state index contributed by atoms with van der Waals surface area (Å²) in [4.78, 5) is 10.5. The summed E-state index contributed by atoms with van der Waals surface area (Å²) in [6.45, 7) is 5.91. The molecule has 0 aliphatic rings. The Labute approximate surface area is 64.4 Å². The fourth-order valence-electron chi connectivity index (χ4n) is 0.445. The summed E-state index contributed by atoms with van der Waals surface area (Å²) in [6, 6.07) is 0. The SMILES string of the molecule is CC.CCc1ns[nH]c1=O. The molecule has 1 aromatic rings. The van der Waals surface area contributed by atoms with Gasteiger partial charge >= 0.3 is 0 Å². The number of H-pyrrole nitrogens is 1. The van der Waals surface area contributed by atoms with Crippen LogP contribution in [0.25, 0.3) is 0 Å². The first-order chi connectivity index (χ1) is 4.84. The Morgan fingerprint density at radius 3 is 2.40 bits per heavy atom. The highest BCUT2D eigenvalue weighted by Gasteiger charge is 1.95. The molecule has 0 saturated carbocycles.